The van der Waals surface area contributed by atoms with Crippen LogP contribution in [0.25, 0.3) is 10.9 Å². The second-order valence-corrected chi connectivity index (χ2v) is 11.2. The third kappa shape index (κ3) is 6.26. The van der Waals surface area contributed by atoms with Crippen molar-refractivity contribution in [2.75, 3.05) is 52.2 Å². The molecule has 0 bridgehead atoms. The molecule has 3 N–H and O–H groups in total. The number of likely N-dealkylation sites (N-methyl/N-ethyl adjacent to an activating group) is 1. The first-order chi connectivity index (χ1) is 18.9. The van der Waals surface area contributed by atoms with Gasteiger partial charge in [-0.15, -0.1) is 11.3 Å². The number of aromatic nitrogens is 1. The molecule has 0 atom stereocenters. The number of nitrogens with one attached hydrogen (secondary N) is 3. The summed E-state index contributed by atoms with van der Waals surface area (Å²) in [5.74, 6) is 1.96. The van der Waals surface area contributed by atoms with Crippen molar-refractivity contribution in [1.29, 1.82) is 0 Å². The number of ether oxygens (including phenoxy) is 1. The predicted molar refractivity (Wildman–Crippen MR) is 161 cm³/mol. The number of methoxy groups -OCH3 is 1. The molecule has 39 heavy (non-hydrogen) atoms. The van der Waals surface area contributed by atoms with E-state index >= 15 is 0 Å². The standard InChI is InChI=1S/C17H20N4S.C13H16N2O2/c1-12-11-13-16(21-9-7-20(2)8-10-21)18-14-5-3-4-6-15(14)19-17(13)22-12;1-9(16)14-6-5-10-8-15-13-4-3-11(17-2)7-12(10)13/h3-6,11,19H,7-10H2,1-2H3;3-4,7-8,15H,5-6H2,1-2H3,(H,14,16). The van der Waals surface area contributed by atoms with Crippen molar-refractivity contribution in [3.8, 4) is 5.75 Å². The topological polar surface area (TPSA) is 85.0 Å². The zero-order chi connectivity index (χ0) is 27.4. The number of aromatic amines is 1. The Labute approximate surface area is 233 Å². The zero-order valence-corrected chi connectivity index (χ0v) is 23.8. The number of rotatable bonds is 4. The number of piperazine rings is 1. The molecule has 8 nitrogen and oxygen atoms in total. The quantitative estimate of drug-likeness (QED) is 0.325. The van der Waals surface area contributed by atoms with E-state index in [2.05, 4.69) is 69.7 Å². The monoisotopic (exact) mass is 544 g/mol. The number of fused-ring (bicyclic) bond motifs is 3. The summed E-state index contributed by atoms with van der Waals surface area (Å²) in [6, 6.07) is 16.5. The van der Waals surface area contributed by atoms with Crippen molar-refractivity contribution in [2.45, 2.75) is 20.3 Å². The fourth-order valence-electron chi connectivity index (χ4n) is 4.87. The number of carbonyl (C=O) groups is 1. The average Bonchev–Trinajstić information content (AvgIpc) is 3.47. The van der Waals surface area contributed by atoms with E-state index in [0.29, 0.717) is 6.54 Å². The van der Waals surface area contributed by atoms with Gasteiger partial charge in [0.2, 0.25) is 5.91 Å². The smallest absolute Gasteiger partial charge is 0.216 e. The highest BCUT2D eigenvalue weighted by Crippen LogP contribution is 2.39. The molecule has 9 heteroatoms. The van der Waals surface area contributed by atoms with Crippen molar-refractivity contribution in [2.24, 2.45) is 4.99 Å². The van der Waals surface area contributed by atoms with Crippen LogP contribution < -0.4 is 15.4 Å². The van der Waals surface area contributed by atoms with Crippen LogP contribution in [0, 0.1) is 6.92 Å². The average molecular weight is 545 g/mol. The molecule has 1 saturated heterocycles. The Balaban J connectivity index is 0.000000164. The summed E-state index contributed by atoms with van der Waals surface area (Å²) in [4.78, 5) is 25.1. The molecule has 2 aromatic heterocycles. The van der Waals surface area contributed by atoms with E-state index in [4.69, 9.17) is 9.73 Å². The molecule has 0 spiro atoms. The Morgan fingerprint density at radius 3 is 2.69 bits per heavy atom. The van der Waals surface area contributed by atoms with Gasteiger partial charge in [-0.25, -0.2) is 4.99 Å². The molecule has 0 radical (unpaired) electrons. The van der Waals surface area contributed by atoms with Crippen LogP contribution in [-0.2, 0) is 11.2 Å². The number of anilines is 2. The van der Waals surface area contributed by atoms with Crippen molar-refractivity contribution >= 4 is 50.4 Å². The molecule has 0 unspecified atom stereocenters. The third-order valence-electron chi connectivity index (χ3n) is 7.02. The minimum atomic E-state index is 0.00224. The minimum Gasteiger partial charge on any atom is -0.497 e. The molecule has 4 heterocycles. The van der Waals surface area contributed by atoms with Crippen LogP contribution in [0.3, 0.4) is 0 Å². The number of amides is 1. The Bertz CT molecular complexity index is 1480. The molecule has 0 saturated carbocycles. The fraction of sp³-hybridized carbons (Fsp3) is 0.333. The Morgan fingerprint density at radius 2 is 1.92 bits per heavy atom. The lowest BCUT2D eigenvalue weighted by molar-refractivity contribution is -0.118. The maximum atomic E-state index is 10.8. The summed E-state index contributed by atoms with van der Waals surface area (Å²) in [5, 5.41) is 8.72. The molecule has 1 fully saturated rings. The molecule has 2 aliphatic heterocycles. The number of H-pyrrole nitrogens is 1. The minimum absolute atomic E-state index is 0.00224. The lowest BCUT2D eigenvalue weighted by atomic mass is 10.1. The summed E-state index contributed by atoms with van der Waals surface area (Å²) >= 11 is 1.81. The number of carbonyl (C=O) groups excluding carboxylic acids is 1. The van der Waals surface area contributed by atoms with Gasteiger partial charge in [0.15, 0.2) is 0 Å². The number of nitrogens with zero attached hydrogens (tertiary/aromatic N) is 3. The molecular weight excluding hydrogens is 508 g/mol. The number of thiophene rings is 1. The van der Waals surface area contributed by atoms with Crippen LogP contribution in [-0.4, -0.2) is 73.4 Å². The molecule has 0 aliphatic carbocycles. The number of hydrogen-bond acceptors (Lipinski definition) is 7. The molecule has 4 aromatic rings. The fourth-order valence-corrected chi connectivity index (χ4v) is 5.79. The van der Waals surface area contributed by atoms with Gasteiger partial charge in [-0.3, -0.25) is 4.79 Å². The van der Waals surface area contributed by atoms with Gasteiger partial charge in [0.1, 0.15) is 16.6 Å². The number of benzene rings is 2. The highest BCUT2D eigenvalue weighted by atomic mass is 32.1. The van der Waals surface area contributed by atoms with E-state index in [1.165, 1.54) is 27.9 Å². The number of amidine groups is 1. The van der Waals surface area contributed by atoms with Gasteiger partial charge in [0.05, 0.1) is 24.0 Å². The third-order valence-corrected chi connectivity index (χ3v) is 7.99. The second-order valence-electron chi connectivity index (χ2n) is 9.93. The van der Waals surface area contributed by atoms with E-state index in [1.807, 2.05) is 24.4 Å². The van der Waals surface area contributed by atoms with Crippen molar-refractivity contribution < 1.29 is 9.53 Å². The predicted octanol–water partition coefficient (Wildman–Crippen LogP) is 5.29. The SMILES string of the molecule is COc1ccc2[nH]cc(CCNC(C)=O)c2c1.Cc1cc2c(s1)Nc1ccccc1N=C2N1CCN(C)CC1. The van der Waals surface area contributed by atoms with Crippen LogP contribution in [0.4, 0.5) is 16.4 Å². The highest BCUT2D eigenvalue weighted by molar-refractivity contribution is 7.16. The maximum absolute atomic E-state index is 10.8. The molecule has 6 rings (SSSR count). The number of hydrogen-bond donors (Lipinski definition) is 3. The summed E-state index contributed by atoms with van der Waals surface area (Å²) in [5.41, 5.74) is 5.63. The highest BCUT2D eigenvalue weighted by Gasteiger charge is 2.25. The van der Waals surface area contributed by atoms with Crippen LogP contribution in [0.15, 0.2) is 59.7 Å². The van der Waals surface area contributed by atoms with Gasteiger partial charge >= 0.3 is 0 Å². The lowest BCUT2D eigenvalue weighted by Gasteiger charge is -2.34. The van der Waals surface area contributed by atoms with E-state index in [1.54, 1.807) is 18.4 Å². The van der Waals surface area contributed by atoms with Crippen LogP contribution in [0.5, 0.6) is 5.75 Å². The Morgan fingerprint density at radius 1 is 1.13 bits per heavy atom. The Hall–Kier alpha value is -3.82. The van der Waals surface area contributed by atoms with Crippen LogP contribution >= 0.6 is 11.3 Å². The van der Waals surface area contributed by atoms with E-state index in [-0.39, 0.29) is 5.91 Å². The van der Waals surface area contributed by atoms with Gasteiger partial charge in [0.25, 0.3) is 0 Å². The van der Waals surface area contributed by atoms with Gasteiger partial charge in [-0.05, 0) is 62.4 Å². The van der Waals surface area contributed by atoms with Crippen LogP contribution in [0.2, 0.25) is 0 Å². The summed E-state index contributed by atoms with van der Waals surface area (Å²) in [6.45, 7) is 8.59. The lowest BCUT2D eigenvalue weighted by Crippen LogP contribution is -2.47. The summed E-state index contributed by atoms with van der Waals surface area (Å²) in [6.07, 6.45) is 2.79. The first kappa shape index (κ1) is 26.8. The normalized spacial score (nSPS) is 14.8. The molecular formula is C30H36N6O2S. The number of para-hydroxylation sites is 2. The van der Waals surface area contributed by atoms with Crippen LogP contribution in [0.1, 0.15) is 22.9 Å². The first-order valence-corrected chi connectivity index (χ1v) is 14.1. The molecule has 204 valence electrons. The van der Waals surface area contributed by atoms with E-state index in [9.17, 15) is 4.79 Å². The van der Waals surface area contributed by atoms with E-state index in [0.717, 1.165) is 66.5 Å². The summed E-state index contributed by atoms with van der Waals surface area (Å²) < 4.78 is 5.21. The Kier molecular flexibility index (Phi) is 8.18. The van der Waals surface area contributed by atoms with Crippen molar-refractivity contribution in [1.82, 2.24) is 20.1 Å². The first-order valence-electron chi connectivity index (χ1n) is 13.3. The number of aryl methyl sites for hydroxylation is 1. The summed E-state index contributed by atoms with van der Waals surface area (Å²) in [7, 11) is 3.84. The molecule has 2 aliphatic rings. The number of aliphatic imine (C=N–C) groups is 1. The van der Waals surface area contributed by atoms with Crippen molar-refractivity contribution in [3.63, 3.8) is 0 Å². The largest absolute Gasteiger partial charge is 0.497 e. The van der Waals surface area contributed by atoms with Gasteiger partial charge < -0.3 is 30.2 Å². The maximum Gasteiger partial charge on any atom is 0.216 e. The molecule has 2 aromatic carbocycles. The van der Waals surface area contributed by atoms with Gasteiger partial charge in [0, 0.05) is 61.6 Å². The van der Waals surface area contributed by atoms with Crippen molar-refractivity contribution in [3.05, 3.63) is 70.7 Å². The van der Waals surface area contributed by atoms with Gasteiger partial charge in [-0.1, -0.05) is 12.1 Å². The second kappa shape index (κ2) is 11.9. The molecule has 1 amide bonds. The van der Waals surface area contributed by atoms with E-state index < -0.39 is 0 Å². The van der Waals surface area contributed by atoms with Gasteiger partial charge in [-0.2, -0.15) is 0 Å². The zero-order valence-electron chi connectivity index (χ0n) is 23.0.